The molecule has 0 atom stereocenters. The molecule has 68 valence electrons. The van der Waals surface area contributed by atoms with Crippen molar-refractivity contribution in [1.29, 1.82) is 0 Å². The van der Waals surface area contributed by atoms with E-state index in [1.807, 2.05) is 0 Å². The molecule has 0 spiro atoms. The van der Waals surface area contributed by atoms with Crippen molar-refractivity contribution in [2.75, 3.05) is 5.43 Å². The van der Waals surface area contributed by atoms with Crippen LogP contribution in [0.1, 0.15) is 0 Å². The van der Waals surface area contributed by atoms with Crippen LogP contribution in [0, 0.1) is 11.6 Å². The Kier molecular flexibility index (Phi) is 4.44. The van der Waals surface area contributed by atoms with E-state index in [4.69, 9.17) is 5.84 Å². The summed E-state index contributed by atoms with van der Waals surface area (Å²) in [6.45, 7) is 0. The lowest BCUT2D eigenvalue weighted by atomic mass is 10.3. The zero-order valence-corrected chi connectivity index (χ0v) is 8.18. The van der Waals surface area contributed by atoms with Gasteiger partial charge in [-0.25, -0.2) is 8.78 Å². The van der Waals surface area contributed by atoms with E-state index in [1.165, 1.54) is 0 Å². The highest BCUT2D eigenvalue weighted by atomic mass is 79.9. The first-order valence-electron chi connectivity index (χ1n) is 2.76. The minimum absolute atomic E-state index is 0. The fourth-order valence-electron chi connectivity index (χ4n) is 0.639. The Hall–Kier alpha value is -0.390. The normalized spacial score (nSPS) is 9.00. The number of benzene rings is 1. The van der Waals surface area contributed by atoms with Gasteiger partial charge >= 0.3 is 0 Å². The monoisotopic (exact) mass is 258 g/mol. The van der Waals surface area contributed by atoms with Gasteiger partial charge in [-0.05, 0) is 28.1 Å². The molecule has 0 radical (unpaired) electrons. The van der Waals surface area contributed by atoms with Crippen LogP contribution in [-0.2, 0) is 0 Å². The van der Waals surface area contributed by atoms with E-state index in [0.29, 0.717) is 0 Å². The molecule has 0 fully saturated rings. The van der Waals surface area contributed by atoms with Crippen molar-refractivity contribution < 1.29 is 8.78 Å². The minimum atomic E-state index is -0.682. The molecule has 1 aromatic carbocycles. The summed E-state index contributed by atoms with van der Waals surface area (Å²) in [7, 11) is 0. The number of anilines is 1. The maximum absolute atomic E-state index is 12.6. The second-order valence-electron chi connectivity index (χ2n) is 1.90. The maximum atomic E-state index is 12.6. The SMILES string of the molecule is Cl.NNc1cc(F)c(Br)c(F)c1. The zero-order chi connectivity index (χ0) is 8.43. The smallest absolute Gasteiger partial charge is 0.142 e. The minimum Gasteiger partial charge on any atom is -0.324 e. The first kappa shape index (κ1) is 11.6. The molecular formula is C6H6BrClF2N2. The molecule has 3 N–H and O–H groups in total. The van der Waals surface area contributed by atoms with Gasteiger partial charge < -0.3 is 5.43 Å². The summed E-state index contributed by atoms with van der Waals surface area (Å²) in [6.07, 6.45) is 0. The molecule has 0 saturated carbocycles. The lowest BCUT2D eigenvalue weighted by Crippen LogP contribution is -2.07. The van der Waals surface area contributed by atoms with Crippen molar-refractivity contribution in [2.24, 2.45) is 5.84 Å². The number of hydrazine groups is 1. The second-order valence-corrected chi connectivity index (χ2v) is 2.69. The Morgan fingerprint density at radius 3 is 2.00 bits per heavy atom. The van der Waals surface area contributed by atoms with Gasteiger partial charge in [0.2, 0.25) is 0 Å². The van der Waals surface area contributed by atoms with Gasteiger partial charge in [0.05, 0.1) is 10.2 Å². The molecule has 0 aliphatic rings. The van der Waals surface area contributed by atoms with Crippen molar-refractivity contribution in [3.63, 3.8) is 0 Å². The molecule has 1 rings (SSSR count). The fourth-order valence-corrected chi connectivity index (χ4v) is 0.868. The average molecular weight is 259 g/mol. The number of hydrogen-bond donors (Lipinski definition) is 2. The molecule has 12 heavy (non-hydrogen) atoms. The number of halogens is 4. The van der Waals surface area contributed by atoms with Crippen LogP contribution >= 0.6 is 28.3 Å². The van der Waals surface area contributed by atoms with Gasteiger partial charge in [-0.3, -0.25) is 5.84 Å². The van der Waals surface area contributed by atoms with Crippen molar-refractivity contribution in [2.45, 2.75) is 0 Å². The quantitative estimate of drug-likeness (QED) is 0.462. The standard InChI is InChI=1S/C6H5BrF2N2.ClH/c7-6-4(8)1-3(11-10)2-5(6)9;/h1-2,11H,10H2;1H. The van der Waals surface area contributed by atoms with Crippen LogP contribution < -0.4 is 11.3 Å². The van der Waals surface area contributed by atoms with Crippen molar-refractivity contribution in [1.82, 2.24) is 0 Å². The van der Waals surface area contributed by atoms with Gasteiger partial charge in [-0.15, -0.1) is 12.4 Å². The summed E-state index contributed by atoms with van der Waals surface area (Å²) >= 11 is 2.72. The van der Waals surface area contributed by atoms with Crippen molar-refractivity contribution in [3.8, 4) is 0 Å². The molecule has 6 heteroatoms. The van der Waals surface area contributed by atoms with Gasteiger partial charge in [0, 0.05) is 0 Å². The predicted molar refractivity (Wildman–Crippen MR) is 49.1 cm³/mol. The molecule has 0 amide bonds. The number of hydrogen-bond acceptors (Lipinski definition) is 2. The first-order valence-corrected chi connectivity index (χ1v) is 3.55. The van der Waals surface area contributed by atoms with E-state index in [1.54, 1.807) is 0 Å². The van der Waals surface area contributed by atoms with E-state index < -0.39 is 11.6 Å². The largest absolute Gasteiger partial charge is 0.324 e. The van der Waals surface area contributed by atoms with Crippen LogP contribution in [0.5, 0.6) is 0 Å². The van der Waals surface area contributed by atoms with Crippen LogP contribution in [0.25, 0.3) is 0 Å². The second kappa shape index (κ2) is 4.59. The summed E-state index contributed by atoms with van der Waals surface area (Å²) in [5.74, 6) is 3.57. The highest BCUT2D eigenvalue weighted by Gasteiger charge is 2.06. The van der Waals surface area contributed by atoms with Gasteiger partial charge in [0.1, 0.15) is 11.6 Å². The maximum Gasteiger partial charge on any atom is 0.142 e. The summed E-state index contributed by atoms with van der Waals surface area (Å²) in [5, 5.41) is 0. The van der Waals surface area contributed by atoms with Gasteiger partial charge in [-0.2, -0.15) is 0 Å². The molecule has 0 heterocycles. The Labute approximate surface area is 82.6 Å². The third kappa shape index (κ3) is 2.30. The molecule has 0 unspecified atom stereocenters. The Balaban J connectivity index is 0.00000121. The highest BCUT2D eigenvalue weighted by Crippen LogP contribution is 2.22. The third-order valence-corrected chi connectivity index (χ3v) is 1.91. The van der Waals surface area contributed by atoms with Crippen LogP contribution in [0.4, 0.5) is 14.5 Å². The van der Waals surface area contributed by atoms with Gasteiger partial charge in [0.15, 0.2) is 0 Å². The van der Waals surface area contributed by atoms with Crippen LogP contribution in [0.2, 0.25) is 0 Å². The number of nitrogen functional groups attached to an aromatic ring is 1. The summed E-state index contributed by atoms with van der Waals surface area (Å²) < 4.78 is 25.1. The fraction of sp³-hybridized carbons (Fsp3) is 0. The van der Waals surface area contributed by atoms with Crippen molar-refractivity contribution in [3.05, 3.63) is 28.2 Å². The number of nitrogens with one attached hydrogen (secondary N) is 1. The van der Waals surface area contributed by atoms with E-state index in [9.17, 15) is 8.78 Å². The highest BCUT2D eigenvalue weighted by molar-refractivity contribution is 9.10. The molecule has 0 bridgehead atoms. The van der Waals surface area contributed by atoms with Crippen LogP contribution in [0.3, 0.4) is 0 Å². The molecule has 0 saturated heterocycles. The molecule has 2 nitrogen and oxygen atoms in total. The zero-order valence-electron chi connectivity index (χ0n) is 5.77. The Morgan fingerprint density at radius 2 is 1.67 bits per heavy atom. The lowest BCUT2D eigenvalue weighted by Gasteiger charge is -2.01. The molecular weight excluding hydrogens is 253 g/mol. The summed E-state index contributed by atoms with van der Waals surface area (Å²) in [5.41, 5.74) is 2.33. The topological polar surface area (TPSA) is 38.0 Å². The van der Waals surface area contributed by atoms with Crippen LogP contribution in [-0.4, -0.2) is 0 Å². The van der Waals surface area contributed by atoms with E-state index in [-0.39, 0.29) is 22.6 Å². The predicted octanol–water partition coefficient (Wildman–Crippen LogP) is 2.43. The number of nitrogens with two attached hydrogens (primary N) is 1. The van der Waals surface area contributed by atoms with E-state index in [2.05, 4.69) is 21.4 Å². The summed E-state index contributed by atoms with van der Waals surface area (Å²) in [6, 6.07) is 2.18. The Morgan fingerprint density at radius 1 is 1.25 bits per heavy atom. The third-order valence-electron chi connectivity index (χ3n) is 1.15. The van der Waals surface area contributed by atoms with Crippen LogP contribution in [0.15, 0.2) is 16.6 Å². The van der Waals surface area contributed by atoms with Gasteiger partial charge in [0.25, 0.3) is 0 Å². The Bertz CT molecular complexity index is 259. The van der Waals surface area contributed by atoms with Crippen molar-refractivity contribution >= 4 is 34.0 Å². The lowest BCUT2D eigenvalue weighted by molar-refractivity contribution is 0.572. The van der Waals surface area contributed by atoms with E-state index >= 15 is 0 Å². The molecule has 0 aromatic heterocycles. The molecule has 1 aromatic rings. The number of rotatable bonds is 1. The molecule has 0 aliphatic carbocycles. The molecule has 0 aliphatic heterocycles. The van der Waals surface area contributed by atoms with E-state index in [0.717, 1.165) is 12.1 Å². The summed E-state index contributed by atoms with van der Waals surface area (Å²) in [4.78, 5) is 0. The first-order chi connectivity index (χ1) is 5.15. The van der Waals surface area contributed by atoms with Gasteiger partial charge in [-0.1, -0.05) is 0 Å². The average Bonchev–Trinajstić information content (AvgIpc) is 1.99.